The highest BCUT2D eigenvalue weighted by atomic mass is 16.3. The number of hydrogen-bond acceptors (Lipinski definition) is 4. The maximum atomic E-state index is 12.7. The van der Waals surface area contributed by atoms with E-state index < -0.39 is 0 Å². The molecule has 2 aromatic rings. The van der Waals surface area contributed by atoms with Crippen molar-refractivity contribution in [3.05, 3.63) is 53.0 Å². The van der Waals surface area contributed by atoms with Gasteiger partial charge in [0.05, 0.1) is 6.26 Å². The van der Waals surface area contributed by atoms with E-state index in [1.165, 1.54) is 6.26 Å². The summed E-state index contributed by atoms with van der Waals surface area (Å²) in [7, 11) is 0. The average Bonchev–Trinajstić information content (AvgIpc) is 3.11. The third-order valence-corrected chi connectivity index (χ3v) is 4.43. The topological polar surface area (TPSA) is 91.6 Å². The molecule has 0 unspecified atom stereocenters. The molecule has 0 bridgehead atoms. The van der Waals surface area contributed by atoms with Gasteiger partial charge in [0, 0.05) is 29.8 Å². The molecule has 3 N–H and O–H groups in total. The van der Waals surface area contributed by atoms with E-state index in [-0.39, 0.29) is 47.2 Å². The number of rotatable bonds is 5. The second-order valence-electron chi connectivity index (χ2n) is 8.91. The first kappa shape index (κ1) is 21.5. The van der Waals surface area contributed by atoms with E-state index in [1.807, 2.05) is 41.5 Å². The first-order valence-corrected chi connectivity index (χ1v) is 9.39. The van der Waals surface area contributed by atoms with Crippen LogP contribution in [-0.4, -0.2) is 30.0 Å². The number of benzene rings is 1. The molecular weight excluding hydrogens is 356 g/mol. The predicted molar refractivity (Wildman–Crippen MR) is 109 cm³/mol. The van der Waals surface area contributed by atoms with Crippen LogP contribution in [0.2, 0.25) is 0 Å². The van der Waals surface area contributed by atoms with Crippen molar-refractivity contribution in [2.24, 2.45) is 0 Å². The Morgan fingerprint density at radius 1 is 0.929 bits per heavy atom. The van der Waals surface area contributed by atoms with E-state index in [9.17, 15) is 14.7 Å². The van der Waals surface area contributed by atoms with Crippen LogP contribution in [0.1, 0.15) is 73.6 Å². The second-order valence-corrected chi connectivity index (χ2v) is 8.91. The van der Waals surface area contributed by atoms with Gasteiger partial charge in [-0.15, -0.1) is 0 Å². The summed E-state index contributed by atoms with van der Waals surface area (Å²) < 4.78 is 5.02. The number of phenolic OH excluding ortho intramolecular Hbond substituents is 1. The molecule has 152 valence electrons. The molecule has 0 fully saturated rings. The lowest BCUT2D eigenvalue weighted by atomic mass is 9.78. The maximum absolute atomic E-state index is 12.7. The van der Waals surface area contributed by atoms with Gasteiger partial charge in [-0.05, 0) is 35.1 Å². The van der Waals surface area contributed by atoms with Crippen molar-refractivity contribution in [3.63, 3.8) is 0 Å². The van der Waals surface area contributed by atoms with Crippen LogP contribution >= 0.6 is 0 Å². The second kappa shape index (κ2) is 8.09. The molecule has 1 aromatic carbocycles. The zero-order valence-electron chi connectivity index (χ0n) is 17.5. The molecule has 0 radical (unpaired) electrons. The van der Waals surface area contributed by atoms with Gasteiger partial charge in [0.25, 0.3) is 11.8 Å². The summed E-state index contributed by atoms with van der Waals surface area (Å²) in [6.07, 6.45) is 1.43. The van der Waals surface area contributed by atoms with Gasteiger partial charge in [-0.3, -0.25) is 9.59 Å². The van der Waals surface area contributed by atoms with Gasteiger partial charge < -0.3 is 20.2 Å². The molecule has 28 heavy (non-hydrogen) atoms. The largest absolute Gasteiger partial charge is 0.507 e. The van der Waals surface area contributed by atoms with Crippen molar-refractivity contribution in [1.29, 1.82) is 0 Å². The molecule has 0 saturated carbocycles. The highest BCUT2D eigenvalue weighted by Gasteiger charge is 2.27. The summed E-state index contributed by atoms with van der Waals surface area (Å²) in [4.78, 5) is 24.5. The average molecular weight is 386 g/mol. The van der Waals surface area contributed by atoms with Gasteiger partial charge in [0.2, 0.25) is 0 Å². The number of nitrogens with one attached hydrogen (secondary N) is 2. The van der Waals surface area contributed by atoms with Crippen LogP contribution in [0.3, 0.4) is 0 Å². The van der Waals surface area contributed by atoms with E-state index in [0.717, 1.165) is 11.1 Å². The SMILES string of the molecule is CC(C)(C)c1cc(C(=O)NCCNC(=O)c2ccco2)cc(C(C)(C)C)c1O. The fourth-order valence-corrected chi connectivity index (χ4v) is 2.86. The summed E-state index contributed by atoms with van der Waals surface area (Å²) >= 11 is 0. The van der Waals surface area contributed by atoms with Gasteiger partial charge in [0.15, 0.2) is 5.76 Å². The van der Waals surface area contributed by atoms with E-state index in [0.29, 0.717) is 5.56 Å². The number of amides is 2. The number of carbonyl (C=O) groups is 2. The number of aromatic hydroxyl groups is 1. The minimum Gasteiger partial charge on any atom is -0.507 e. The van der Waals surface area contributed by atoms with Crippen LogP contribution in [0, 0.1) is 0 Å². The molecule has 6 nitrogen and oxygen atoms in total. The highest BCUT2D eigenvalue weighted by molar-refractivity contribution is 5.95. The molecule has 2 amide bonds. The number of carbonyl (C=O) groups excluding carboxylic acids is 2. The predicted octanol–water partition coefficient (Wildman–Crippen LogP) is 3.74. The lowest BCUT2D eigenvalue weighted by Crippen LogP contribution is -2.34. The van der Waals surface area contributed by atoms with Crippen molar-refractivity contribution in [2.45, 2.75) is 52.4 Å². The van der Waals surface area contributed by atoms with Gasteiger partial charge in [-0.1, -0.05) is 41.5 Å². The summed E-state index contributed by atoms with van der Waals surface area (Å²) in [5.74, 6) is -0.103. The van der Waals surface area contributed by atoms with Crippen LogP contribution in [-0.2, 0) is 10.8 Å². The first-order chi connectivity index (χ1) is 12.9. The fraction of sp³-hybridized carbons (Fsp3) is 0.455. The number of hydrogen-bond donors (Lipinski definition) is 3. The Labute approximate surface area is 166 Å². The Morgan fingerprint density at radius 3 is 1.86 bits per heavy atom. The van der Waals surface area contributed by atoms with Crippen LogP contribution in [0.5, 0.6) is 5.75 Å². The zero-order chi connectivity index (χ0) is 21.1. The lowest BCUT2D eigenvalue weighted by molar-refractivity contribution is 0.0910. The molecule has 0 aliphatic rings. The standard InChI is InChI=1S/C22H30N2O4/c1-21(2,3)15-12-14(13-16(18(15)25)22(4,5)6)19(26)23-9-10-24-20(27)17-8-7-11-28-17/h7-8,11-13,25H,9-10H2,1-6H3,(H,23,26)(H,24,27). The Hall–Kier alpha value is -2.76. The maximum Gasteiger partial charge on any atom is 0.287 e. The third-order valence-electron chi connectivity index (χ3n) is 4.43. The molecule has 0 spiro atoms. The zero-order valence-corrected chi connectivity index (χ0v) is 17.5. The highest BCUT2D eigenvalue weighted by Crippen LogP contribution is 2.39. The Bertz CT molecular complexity index is 805. The monoisotopic (exact) mass is 386 g/mol. The summed E-state index contributed by atoms with van der Waals surface area (Å²) in [6.45, 7) is 12.6. The van der Waals surface area contributed by atoms with E-state index in [1.54, 1.807) is 24.3 Å². The number of furan rings is 1. The Morgan fingerprint density at radius 2 is 1.43 bits per heavy atom. The molecule has 0 aliphatic carbocycles. The third kappa shape index (κ3) is 5.15. The lowest BCUT2D eigenvalue weighted by Gasteiger charge is -2.28. The van der Waals surface area contributed by atoms with Crippen LogP contribution in [0.15, 0.2) is 34.9 Å². The summed E-state index contributed by atoms with van der Waals surface area (Å²) in [6, 6.07) is 6.69. The van der Waals surface area contributed by atoms with Crippen LogP contribution < -0.4 is 10.6 Å². The van der Waals surface area contributed by atoms with Crippen LogP contribution in [0.25, 0.3) is 0 Å². The van der Waals surface area contributed by atoms with Crippen molar-refractivity contribution in [3.8, 4) is 5.75 Å². The quantitative estimate of drug-likeness (QED) is 0.683. The van der Waals surface area contributed by atoms with Gasteiger partial charge in [0.1, 0.15) is 5.75 Å². The van der Waals surface area contributed by atoms with Crippen molar-refractivity contribution in [2.75, 3.05) is 13.1 Å². The number of phenols is 1. The van der Waals surface area contributed by atoms with Gasteiger partial charge in [-0.25, -0.2) is 0 Å². The van der Waals surface area contributed by atoms with Crippen molar-refractivity contribution in [1.82, 2.24) is 10.6 Å². The van der Waals surface area contributed by atoms with E-state index in [4.69, 9.17) is 4.42 Å². The molecular formula is C22H30N2O4. The molecule has 1 heterocycles. The minimum absolute atomic E-state index is 0.231. The Kier molecular flexibility index (Phi) is 6.22. The van der Waals surface area contributed by atoms with Gasteiger partial charge >= 0.3 is 0 Å². The molecule has 0 atom stereocenters. The fourth-order valence-electron chi connectivity index (χ4n) is 2.86. The Balaban J connectivity index is 2.11. The molecule has 6 heteroatoms. The molecule has 0 aliphatic heterocycles. The van der Waals surface area contributed by atoms with Crippen molar-refractivity contribution < 1.29 is 19.1 Å². The summed E-state index contributed by atoms with van der Waals surface area (Å²) in [5, 5.41) is 16.2. The van der Waals surface area contributed by atoms with E-state index in [2.05, 4.69) is 10.6 Å². The normalized spacial score (nSPS) is 11.9. The van der Waals surface area contributed by atoms with Gasteiger partial charge in [-0.2, -0.15) is 0 Å². The molecule has 1 aromatic heterocycles. The minimum atomic E-state index is -0.325. The smallest absolute Gasteiger partial charge is 0.287 e. The van der Waals surface area contributed by atoms with Crippen LogP contribution in [0.4, 0.5) is 0 Å². The van der Waals surface area contributed by atoms with Crippen molar-refractivity contribution >= 4 is 11.8 Å². The summed E-state index contributed by atoms with van der Waals surface area (Å²) in [5.41, 5.74) is 1.34. The van der Waals surface area contributed by atoms with E-state index >= 15 is 0 Å². The molecule has 0 saturated heterocycles. The first-order valence-electron chi connectivity index (χ1n) is 9.39. The molecule has 2 rings (SSSR count).